The SMILES string of the molecule is O=C(c1ccccc1)c1ccc2nc(-c3ccc(P(=O)(O)O)o3)[nH]c2c1. The monoisotopic (exact) mass is 368 g/mol. The van der Waals surface area contributed by atoms with E-state index in [2.05, 4.69) is 9.97 Å². The second kappa shape index (κ2) is 6.07. The highest BCUT2D eigenvalue weighted by Gasteiger charge is 2.23. The summed E-state index contributed by atoms with van der Waals surface area (Å²) in [4.78, 5) is 38.2. The molecule has 0 atom stereocenters. The van der Waals surface area contributed by atoms with E-state index in [1.165, 1.54) is 12.1 Å². The number of furan rings is 1. The number of fused-ring (bicyclic) bond motifs is 1. The Hall–Kier alpha value is -2.99. The summed E-state index contributed by atoms with van der Waals surface area (Å²) in [6.07, 6.45) is 0. The van der Waals surface area contributed by atoms with Crippen molar-refractivity contribution in [1.82, 2.24) is 9.97 Å². The lowest BCUT2D eigenvalue weighted by atomic mass is 10.0. The fraction of sp³-hybridized carbons (Fsp3) is 0. The van der Waals surface area contributed by atoms with Crippen LogP contribution in [0.2, 0.25) is 0 Å². The van der Waals surface area contributed by atoms with Crippen LogP contribution >= 0.6 is 7.60 Å². The molecule has 2 aromatic heterocycles. The number of aromatic nitrogens is 2. The van der Waals surface area contributed by atoms with Crippen molar-refractivity contribution in [3.8, 4) is 11.6 Å². The quantitative estimate of drug-likeness (QED) is 0.377. The molecule has 0 saturated heterocycles. The van der Waals surface area contributed by atoms with Gasteiger partial charge in [0.15, 0.2) is 17.4 Å². The summed E-state index contributed by atoms with van der Waals surface area (Å²) >= 11 is 0. The van der Waals surface area contributed by atoms with Gasteiger partial charge in [0.05, 0.1) is 11.0 Å². The van der Waals surface area contributed by atoms with Gasteiger partial charge in [-0.25, -0.2) is 4.98 Å². The molecule has 8 heteroatoms. The van der Waals surface area contributed by atoms with Gasteiger partial charge in [-0.05, 0) is 30.3 Å². The van der Waals surface area contributed by atoms with E-state index in [4.69, 9.17) is 14.2 Å². The van der Waals surface area contributed by atoms with Crippen molar-refractivity contribution in [1.29, 1.82) is 0 Å². The molecule has 0 amide bonds. The number of carbonyl (C=O) groups excluding carboxylic acids is 1. The number of rotatable bonds is 4. The maximum absolute atomic E-state index is 12.5. The minimum Gasteiger partial charge on any atom is -0.445 e. The van der Waals surface area contributed by atoms with Crippen LogP contribution in [-0.2, 0) is 4.57 Å². The Kier molecular flexibility index (Phi) is 3.85. The average Bonchev–Trinajstić information content (AvgIpc) is 3.27. The zero-order valence-corrected chi connectivity index (χ0v) is 14.2. The number of ketones is 1. The lowest BCUT2D eigenvalue weighted by Gasteiger charge is -2.00. The maximum Gasteiger partial charge on any atom is 0.391 e. The lowest BCUT2D eigenvalue weighted by Crippen LogP contribution is -2.00. The summed E-state index contributed by atoms with van der Waals surface area (Å²) < 4.78 is 16.4. The van der Waals surface area contributed by atoms with Gasteiger partial charge in [0.2, 0.25) is 5.50 Å². The van der Waals surface area contributed by atoms with Crippen molar-refractivity contribution in [2.24, 2.45) is 0 Å². The van der Waals surface area contributed by atoms with Gasteiger partial charge >= 0.3 is 7.60 Å². The van der Waals surface area contributed by atoms with Crippen molar-refractivity contribution in [3.05, 3.63) is 71.8 Å². The van der Waals surface area contributed by atoms with Crippen LogP contribution in [0.15, 0.2) is 65.1 Å². The summed E-state index contributed by atoms with van der Waals surface area (Å²) in [5.74, 6) is 0.421. The van der Waals surface area contributed by atoms with Gasteiger partial charge in [0.1, 0.15) is 0 Å². The van der Waals surface area contributed by atoms with Crippen LogP contribution in [0.1, 0.15) is 15.9 Å². The number of aromatic amines is 1. The molecule has 26 heavy (non-hydrogen) atoms. The molecule has 2 heterocycles. The van der Waals surface area contributed by atoms with Crippen LogP contribution in [0.3, 0.4) is 0 Å². The number of carbonyl (C=O) groups is 1. The Labute approximate surface area is 147 Å². The molecule has 0 saturated carbocycles. The average molecular weight is 368 g/mol. The van der Waals surface area contributed by atoms with Gasteiger partial charge in [-0.3, -0.25) is 9.36 Å². The van der Waals surface area contributed by atoms with Crippen LogP contribution in [0, 0.1) is 0 Å². The summed E-state index contributed by atoms with van der Waals surface area (Å²) in [5.41, 5.74) is 1.90. The summed E-state index contributed by atoms with van der Waals surface area (Å²) in [6.45, 7) is 0. The first-order valence-electron chi connectivity index (χ1n) is 7.68. The fourth-order valence-corrected chi connectivity index (χ4v) is 3.12. The van der Waals surface area contributed by atoms with Gasteiger partial charge in [-0.15, -0.1) is 0 Å². The Bertz CT molecular complexity index is 1160. The maximum atomic E-state index is 12.5. The molecule has 2 aromatic carbocycles. The van der Waals surface area contributed by atoms with E-state index in [1.807, 2.05) is 6.07 Å². The van der Waals surface area contributed by atoms with Gasteiger partial charge in [-0.1, -0.05) is 30.3 Å². The van der Waals surface area contributed by atoms with Crippen molar-refractivity contribution >= 4 is 29.9 Å². The van der Waals surface area contributed by atoms with Gasteiger partial charge in [0.25, 0.3) is 0 Å². The largest absolute Gasteiger partial charge is 0.445 e. The molecule has 0 fully saturated rings. The third-order valence-electron chi connectivity index (χ3n) is 3.89. The van der Waals surface area contributed by atoms with E-state index in [9.17, 15) is 9.36 Å². The first-order valence-corrected chi connectivity index (χ1v) is 9.29. The molecular formula is C18H13N2O5P. The predicted molar refractivity (Wildman–Crippen MR) is 95.3 cm³/mol. The third kappa shape index (κ3) is 2.99. The number of benzene rings is 2. The molecule has 0 aliphatic carbocycles. The Morgan fingerprint density at radius 1 is 1.00 bits per heavy atom. The molecule has 3 N–H and O–H groups in total. The molecule has 0 spiro atoms. The van der Waals surface area contributed by atoms with Crippen LogP contribution in [0.4, 0.5) is 0 Å². The molecule has 0 aliphatic heterocycles. The third-order valence-corrected chi connectivity index (χ3v) is 4.71. The van der Waals surface area contributed by atoms with Crippen molar-refractivity contribution in [3.63, 3.8) is 0 Å². The summed E-state index contributed by atoms with van der Waals surface area (Å²) in [5, 5.41) is 0. The summed E-state index contributed by atoms with van der Waals surface area (Å²) in [6, 6.07) is 16.7. The van der Waals surface area contributed by atoms with Crippen molar-refractivity contribution in [2.45, 2.75) is 0 Å². The second-order valence-electron chi connectivity index (χ2n) is 5.69. The zero-order chi connectivity index (χ0) is 18.3. The number of nitrogens with one attached hydrogen (secondary N) is 1. The lowest BCUT2D eigenvalue weighted by molar-refractivity contribution is 0.103. The first-order chi connectivity index (χ1) is 12.4. The van der Waals surface area contributed by atoms with Crippen molar-refractivity contribution < 1.29 is 23.6 Å². The number of H-pyrrole nitrogens is 1. The highest BCUT2D eigenvalue weighted by Crippen LogP contribution is 2.35. The van der Waals surface area contributed by atoms with E-state index in [-0.39, 0.29) is 11.5 Å². The molecule has 4 aromatic rings. The van der Waals surface area contributed by atoms with Crippen LogP contribution in [0.5, 0.6) is 0 Å². The number of hydrogen-bond acceptors (Lipinski definition) is 4. The van der Waals surface area contributed by atoms with E-state index in [0.717, 1.165) is 0 Å². The zero-order valence-electron chi connectivity index (χ0n) is 13.3. The molecule has 130 valence electrons. The molecule has 0 bridgehead atoms. The van der Waals surface area contributed by atoms with E-state index in [0.29, 0.717) is 28.0 Å². The predicted octanol–water partition coefficient (Wildman–Crippen LogP) is 2.86. The highest BCUT2D eigenvalue weighted by atomic mass is 31.2. The first kappa shape index (κ1) is 16.5. The highest BCUT2D eigenvalue weighted by molar-refractivity contribution is 7.59. The van der Waals surface area contributed by atoms with Crippen molar-refractivity contribution in [2.75, 3.05) is 0 Å². The number of hydrogen-bond donors (Lipinski definition) is 3. The molecule has 0 radical (unpaired) electrons. The normalized spacial score (nSPS) is 11.8. The minimum atomic E-state index is -4.46. The summed E-state index contributed by atoms with van der Waals surface area (Å²) in [7, 11) is -4.46. The van der Waals surface area contributed by atoms with Gasteiger partial charge < -0.3 is 19.2 Å². The smallest absolute Gasteiger partial charge is 0.391 e. The molecule has 4 rings (SSSR count). The van der Waals surface area contributed by atoms with Gasteiger partial charge in [-0.2, -0.15) is 0 Å². The molecule has 0 aliphatic rings. The van der Waals surface area contributed by atoms with Gasteiger partial charge in [0, 0.05) is 11.1 Å². The van der Waals surface area contributed by atoms with Crippen LogP contribution < -0.4 is 5.50 Å². The Balaban J connectivity index is 1.71. The molecule has 7 nitrogen and oxygen atoms in total. The van der Waals surface area contributed by atoms with E-state index < -0.39 is 13.1 Å². The molecule has 0 unspecified atom stereocenters. The fourth-order valence-electron chi connectivity index (χ4n) is 2.64. The van der Waals surface area contributed by atoms with E-state index >= 15 is 0 Å². The van der Waals surface area contributed by atoms with E-state index in [1.54, 1.807) is 42.5 Å². The number of imidazole rings is 1. The standard InChI is InChI=1S/C18H13N2O5P/c21-17(11-4-2-1-3-5-11)12-6-7-13-14(10-12)20-18(19-13)15-8-9-16(25-15)26(22,23)24/h1-10H,(H,19,20)(H2,22,23,24). The van der Waals surface area contributed by atoms with Crippen LogP contribution in [-0.4, -0.2) is 25.5 Å². The minimum absolute atomic E-state index is 0.106. The Morgan fingerprint density at radius 3 is 2.46 bits per heavy atom. The van der Waals surface area contributed by atoms with Crippen LogP contribution in [0.25, 0.3) is 22.6 Å². The molecular weight excluding hydrogens is 355 g/mol. The second-order valence-corrected chi connectivity index (χ2v) is 7.22. The number of nitrogens with zero attached hydrogens (tertiary/aromatic N) is 1. The Morgan fingerprint density at radius 2 is 1.77 bits per heavy atom. The topological polar surface area (TPSA) is 116 Å².